The maximum atomic E-state index is 12.2. The quantitative estimate of drug-likeness (QED) is 0.818. The van der Waals surface area contributed by atoms with E-state index in [1.807, 2.05) is 37.3 Å². The van der Waals surface area contributed by atoms with Crippen molar-refractivity contribution < 1.29 is 14.3 Å². The summed E-state index contributed by atoms with van der Waals surface area (Å²) in [5, 5.41) is 8.55. The number of benzene rings is 1. The van der Waals surface area contributed by atoms with Crippen LogP contribution in [0.3, 0.4) is 0 Å². The Labute approximate surface area is 136 Å². The molecule has 1 fully saturated rings. The van der Waals surface area contributed by atoms with E-state index < -0.39 is 0 Å². The van der Waals surface area contributed by atoms with Crippen LogP contribution in [0, 0.1) is 11.3 Å². The molecule has 0 atom stereocenters. The van der Waals surface area contributed by atoms with Gasteiger partial charge in [0, 0.05) is 26.2 Å². The highest BCUT2D eigenvalue weighted by molar-refractivity contribution is 5.80. The summed E-state index contributed by atoms with van der Waals surface area (Å²) in [7, 11) is 0. The highest BCUT2D eigenvalue weighted by atomic mass is 16.5. The van der Waals surface area contributed by atoms with Crippen LogP contribution < -0.4 is 4.74 Å². The molecule has 6 nitrogen and oxygen atoms in total. The predicted molar refractivity (Wildman–Crippen MR) is 84.7 cm³/mol. The largest absolute Gasteiger partial charge is 0.483 e. The van der Waals surface area contributed by atoms with Gasteiger partial charge in [0.2, 0.25) is 5.91 Å². The molecule has 1 heterocycles. The molecule has 0 unspecified atom stereocenters. The van der Waals surface area contributed by atoms with Crippen molar-refractivity contribution in [3.63, 3.8) is 0 Å². The molecule has 0 aliphatic carbocycles. The van der Waals surface area contributed by atoms with Crippen molar-refractivity contribution in [2.24, 2.45) is 0 Å². The van der Waals surface area contributed by atoms with Gasteiger partial charge in [-0.1, -0.05) is 25.1 Å². The summed E-state index contributed by atoms with van der Waals surface area (Å²) < 4.78 is 5.64. The summed E-state index contributed by atoms with van der Waals surface area (Å²) in [5.41, 5.74) is 1.08. The number of rotatable bonds is 5. The van der Waals surface area contributed by atoms with E-state index in [1.54, 1.807) is 9.80 Å². The van der Waals surface area contributed by atoms with Gasteiger partial charge < -0.3 is 14.5 Å². The van der Waals surface area contributed by atoms with Crippen molar-refractivity contribution in [2.45, 2.75) is 19.8 Å². The van der Waals surface area contributed by atoms with Crippen LogP contribution in [-0.2, 0) is 16.0 Å². The summed E-state index contributed by atoms with van der Waals surface area (Å²) in [4.78, 5) is 27.2. The lowest BCUT2D eigenvalue weighted by Crippen LogP contribution is -2.51. The van der Waals surface area contributed by atoms with E-state index in [0.29, 0.717) is 26.2 Å². The first kappa shape index (κ1) is 16.8. The molecule has 2 rings (SSSR count). The molecular weight excluding hydrogens is 294 g/mol. The van der Waals surface area contributed by atoms with Crippen LogP contribution >= 0.6 is 0 Å². The van der Waals surface area contributed by atoms with Crippen molar-refractivity contribution in [3.05, 3.63) is 29.8 Å². The van der Waals surface area contributed by atoms with Gasteiger partial charge in [0.1, 0.15) is 12.2 Å². The molecule has 0 N–H and O–H groups in total. The lowest BCUT2D eigenvalue weighted by Gasteiger charge is -2.34. The molecule has 0 radical (unpaired) electrons. The normalized spacial score (nSPS) is 14.3. The van der Waals surface area contributed by atoms with E-state index in [4.69, 9.17) is 10.00 Å². The van der Waals surface area contributed by atoms with Gasteiger partial charge >= 0.3 is 0 Å². The zero-order chi connectivity index (χ0) is 16.7. The van der Waals surface area contributed by atoms with Crippen LogP contribution in [-0.4, -0.2) is 54.4 Å². The van der Waals surface area contributed by atoms with Gasteiger partial charge in [0.05, 0.1) is 6.07 Å². The van der Waals surface area contributed by atoms with Gasteiger partial charge in [-0.15, -0.1) is 0 Å². The van der Waals surface area contributed by atoms with Crippen LogP contribution in [0.5, 0.6) is 5.75 Å². The number of carbonyl (C=O) groups excluding carboxylic acids is 2. The molecule has 0 saturated carbocycles. The number of piperazine rings is 1. The number of ether oxygens (including phenoxy) is 1. The minimum atomic E-state index is -0.173. The fourth-order valence-electron chi connectivity index (χ4n) is 2.55. The average Bonchev–Trinajstić information content (AvgIpc) is 2.60. The van der Waals surface area contributed by atoms with E-state index in [1.165, 1.54) is 0 Å². The third-order valence-corrected chi connectivity index (χ3v) is 3.92. The number of aryl methyl sites for hydroxylation is 1. The number of amides is 2. The molecule has 122 valence electrons. The Morgan fingerprint density at radius 3 is 2.35 bits per heavy atom. The SMILES string of the molecule is CCc1ccccc1OCC(=O)N1CCN(C(=O)CC#N)CC1. The number of carbonyl (C=O) groups is 2. The summed E-state index contributed by atoms with van der Waals surface area (Å²) in [6, 6.07) is 9.54. The Kier molecular flexibility index (Phi) is 5.98. The first-order chi connectivity index (χ1) is 11.2. The lowest BCUT2D eigenvalue weighted by atomic mass is 10.1. The molecule has 1 saturated heterocycles. The summed E-state index contributed by atoms with van der Waals surface area (Å²) in [5.74, 6) is 0.488. The molecule has 2 amide bonds. The molecule has 23 heavy (non-hydrogen) atoms. The molecule has 0 bridgehead atoms. The Morgan fingerprint density at radius 1 is 1.13 bits per heavy atom. The molecule has 1 aromatic carbocycles. The fourth-order valence-corrected chi connectivity index (χ4v) is 2.55. The van der Waals surface area contributed by atoms with E-state index in [-0.39, 0.29) is 24.8 Å². The minimum absolute atomic E-state index is 0.00313. The third-order valence-electron chi connectivity index (χ3n) is 3.92. The van der Waals surface area contributed by atoms with Gasteiger partial charge in [-0.05, 0) is 18.1 Å². The fraction of sp³-hybridized carbons (Fsp3) is 0.471. The minimum Gasteiger partial charge on any atom is -0.483 e. The predicted octanol–water partition coefficient (Wildman–Crippen LogP) is 1.21. The van der Waals surface area contributed by atoms with Crippen molar-refractivity contribution in [3.8, 4) is 11.8 Å². The topological polar surface area (TPSA) is 73.6 Å². The zero-order valence-corrected chi connectivity index (χ0v) is 13.3. The second-order valence-corrected chi connectivity index (χ2v) is 5.35. The van der Waals surface area contributed by atoms with Gasteiger partial charge in [-0.25, -0.2) is 0 Å². The first-order valence-electron chi connectivity index (χ1n) is 7.79. The number of hydrogen-bond acceptors (Lipinski definition) is 4. The van der Waals surface area contributed by atoms with Gasteiger partial charge in [-0.2, -0.15) is 5.26 Å². The van der Waals surface area contributed by atoms with Crippen molar-refractivity contribution in [2.75, 3.05) is 32.8 Å². The highest BCUT2D eigenvalue weighted by Gasteiger charge is 2.24. The van der Waals surface area contributed by atoms with Crippen LogP contribution in [0.15, 0.2) is 24.3 Å². The van der Waals surface area contributed by atoms with Gasteiger partial charge in [0.25, 0.3) is 5.91 Å². The second-order valence-electron chi connectivity index (χ2n) is 5.35. The monoisotopic (exact) mass is 315 g/mol. The average molecular weight is 315 g/mol. The van der Waals surface area contributed by atoms with Crippen LogP contribution in [0.2, 0.25) is 0 Å². The Morgan fingerprint density at radius 2 is 1.74 bits per heavy atom. The van der Waals surface area contributed by atoms with Crippen molar-refractivity contribution in [1.82, 2.24) is 9.80 Å². The maximum absolute atomic E-state index is 12.2. The molecule has 1 aliphatic heterocycles. The molecule has 1 aromatic rings. The number of hydrogen-bond donors (Lipinski definition) is 0. The molecule has 0 spiro atoms. The van der Waals surface area contributed by atoms with E-state index in [0.717, 1.165) is 17.7 Å². The Hall–Kier alpha value is -2.55. The standard InChI is InChI=1S/C17H21N3O3/c1-2-14-5-3-4-6-15(14)23-13-17(22)20-11-9-19(10-12-20)16(21)7-8-18/h3-6H,2,7,9-13H2,1H3. The molecule has 0 aromatic heterocycles. The second kappa shape index (κ2) is 8.18. The summed E-state index contributed by atoms with van der Waals surface area (Å²) >= 11 is 0. The number of nitriles is 1. The maximum Gasteiger partial charge on any atom is 0.260 e. The Balaban J connectivity index is 1.81. The Bertz CT molecular complexity index is 601. The lowest BCUT2D eigenvalue weighted by molar-refractivity contribution is -0.140. The third kappa shape index (κ3) is 4.46. The van der Waals surface area contributed by atoms with Crippen LogP contribution in [0.25, 0.3) is 0 Å². The van der Waals surface area contributed by atoms with E-state index in [2.05, 4.69) is 0 Å². The van der Waals surface area contributed by atoms with Gasteiger partial charge in [0.15, 0.2) is 6.61 Å². The summed E-state index contributed by atoms with van der Waals surface area (Å²) in [6.45, 7) is 3.95. The molecule has 6 heteroatoms. The van der Waals surface area contributed by atoms with Gasteiger partial charge in [-0.3, -0.25) is 9.59 Å². The van der Waals surface area contributed by atoms with Crippen LogP contribution in [0.1, 0.15) is 18.9 Å². The van der Waals surface area contributed by atoms with Crippen LogP contribution in [0.4, 0.5) is 0 Å². The van der Waals surface area contributed by atoms with E-state index >= 15 is 0 Å². The number of para-hydroxylation sites is 1. The molecular formula is C17H21N3O3. The zero-order valence-electron chi connectivity index (χ0n) is 13.3. The van der Waals surface area contributed by atoms with Crippen molar-refractivity contribution in [1.29, 1.82) is 5.26 Å². The van der Waals surface area contributed by atoms with Crippen molar-refractivity contribution >= 4 is 11.8 Å². The first-order valence-corrected chi connectivity index (χ1v) is 7.79. The molecule has 1 aliphatic rings. The number of nitrogens with zero attached hydrogens (tertiary/aromatic N) is 3. The van der Waals surface area contributed by atoms with E-state index in [9.17, 15) is 9.59 Å². The smallest absolute Gasteiger partial charge is 0.260 e. The highest BCUT2D eigenvalue weighted by Crippen LogP contribution is 2.18. The summed E-state index contributed by atoms with van der Waals surface area (Å²) in [6.07, 6.45) is 0.745.